The summed E-state index contributed by atoms with van der Waals surface area (Å²) in [5, 5.41) is 2.91. The number of benzene rings is 1. The minimum absolute atomic E-state index is 0.0950. The quantitative estimate of drug-likeness (QED) is 0.943. The van der Waals surface area contributed by atoms with Crippen LogP contribution >= 0.6 is 0 Å². The van der Waals surface area contributed by atoms with Crippen LogP contribution in [0.3, 0.4) is 0 Å². The fraction of sp³-hybridized carbons (Fsp3) is 0.333. The van der Waals surface area contributed by atoms with E-state index in [1.807, 2.05) is 6.92 Å². The lowest BCUT2D eigenvalue weighted by atomic mass is 9.64. The Morgan fingerprint density at radius 2 is 1.91 bits per heavy atom. The van der Waals surface area contributed by atoms with Crippen molar-refractivity contribution in [3.63, 3.8) is 0 Å². The van der Waals surface area contributed by atoms with Gasteiger partial charge in [0, 0.05) is 18.8 Å². The second kappa shape index (κ2) is 5.99. The van der Waals surface area contributed by atoms with E-state index in [1.165, 1.54) is 18.2 Å². The molecule has 1 aliphatic rings. The zero-order valence-electron chi connectivity index (χ0n) is 13.0. The van der Waals surface area contributed by atoms with E-state index in [0.29, 0.717) is 12.2 Å². The van der Waals surface area contributed by atoms with Crippen LogP contribution in [0, 0.1) is 5.82 Å². The molecular weight excluding hydrogens is 295 g/mol. The molecule has 0 saturated heterocycles. The first-order valence-electron chi connectivity index (χ1n) is 7.83. The summed E-state index contributed by atoms with van der Waals surface area (Å²) in [5.74, 6) is -0.407. The Bertz CT molecular complexity index is 776. The summed E-state index contributed by atoms with van der Waals surface area (Å²) < 4.78 is 14.7. The van der Waals surface area contributed by atoms with E-state index in [0.717, 1.165) is 24.8 Å². The molecule has 1 fully saturated rings. The van der Waals surface area contributed by atoms with Crippen LogP contribution in [0.4, 0.5) is 10.1 Å². The summed E-state index contributed by atoms with van der Waals surface area (Å²) in [6.45, 7) is 2.42. The maximum absolute atomic E-state index is 13.1. The predicted octanol–water partition coefficient (Wildman–Crippen LogP) is 3.07. The number of amides is 1. The second-order valence-electron chi connectivity index (χ2n) is 5.94. The third-order valence-electron chi connectivity index (χ3n) is 4.62. The van der Waals surface area contributed by atoms with Crippen molar-refractivity contribution >= 4 is 11.6 Å². The molecule has 120 valence electrons. The van der Waals surface area contributed by atoms with E-state index in [-0.39, 0.29) is 17.3 Å². The van der Waals surface area contributed by atoms with Crippen LogP contribution in [0.1, 0.15) is 31.7 Å². The van der Waals surface area contributed by atoms with Gasteiger partial charge in [0.25, 0.3) is 5.56 Å². The number of hydrogen-bond acceptors (Lipinski definition) is 2. The van der Waals surface area contributed by atoms with Gasteiger partial charge < -0.3 is 9.88 Å². The standard InChI is InChI=1S/C18H19FN2O2/c1-2-21-12-15(8-9-16(21)22)20-17(23)18(10-3-11-18)13-4-6-14(19)7-5-13/h4-9,12H,2-3,10-11H2,1H3,(H,20,23). The highest BCUT2D eigenvalue weighted by molar-refractivity contribution is 5.99. The van der Waals surface area contributed by atoms with Crippen molar-refractivity contribution in [1.29, 1.82) is 0 Å². The molecule has 1 aromatic heterocycles. The molecule has 4 nitrogen and oxygen atoms in total. The molecule has 0 atom stereocenters. The Balaban J connectivity index is 1.86. The molecule has 1 heterocycles. The molecular formula is C18H19FN2O2. The molecule has 5 heteroatoms. The molecule has 1 saturated carbocycles. The number of aryl methyl sites for hydroxylation is 1. The molecule has 0 bridgehead atoms. The topological polar surface area (TPSA) is 51.1 Å². The lowest BCUT2D eigenvalue weighted by Crippen LogP contribution is -2.46. The Morgan fingerprint density at radius 1 is 1.22 bits per heavy atom. The zero-order valence-corrected chi connectivity index (χ0v) is 13.0. The molecule has 1 aromatic carbocycles. The van der Waals surface area contributed by atoms with Crippen molar-refractivity contribution in [2.45, 2.75) is 38.1 Å². The van der Waals surface area contributed by atoms with Gasteiger partial charge in [0.1, 0.15) is 5.82 Å². The van der Waals surface area contributed by atoms with Gasteiger partial charge in [0.15, 0.2) is 0 Å². The monoisotopic (exact) mass is 314 g/mol. The van der Waals surface area contributed by atoms with Crippen molar-refractivity contribution in [1.82, 2.24) is 4.57 Å². The summed E-state index contributed by atoms with van der Waals surface area (Å²) in [6, 6.07) is 9.20. The maximum Gasteiger partial charge on any atom is 0.250 e. The van der Waals surface area contributed by atoms with Crippen LogP contribution in [0.15, 0.2) is 47.4 Å². The number of aromatic nitrogens is 1. The van der Waals surface area contributed by atoms with Crippen molar-refractivity contribution in [2.24, 2.45) is 0 Å². The van der Waals surface area contributed by atoms with E-state index in [1.54, 1.807) is 29.0 Å². The number of carbonyl (C=O) groups is 1. The highest BCUT2D eigenvalue weighted by atomic mass is 19.1. The number of pyridine rings is 1. The summed E-state index contributed by atoms with van der Waals surface area (Å²) in [5.41, 5.74) is 0.750. The molecule has 1 aliphatic carbocycles. The lowest BCUT2D eigenvalue weighted by molar-refractivity contribution is -0.124. The van der Waals surface area contributed by atoms with E-state index in [4.69, 9.17) is 0 Å². The Labute approximate surface area is 134 Å². The molecule has 0 radical (unpaired) electrons. The largest absolute Gasteiger partial charge is 0.324 e. The van der Waals surface area contributed by atoms with Gasteiger partial charge in [0.2, 0.25) is 5.91 Å². The molecule has 0 spiro atoms. The molecule has 0 aliphatic heterocycles. The van der Waals surface area contributed by atoms with Gasteiger partial charge in [-0.1, -0.05) is 18.6 Å². The third-order valence-corrected chi connectivity index (χ3v) is 4.62. The van der Waals surface area contributed by atoms with E-state index < -0.39 is 5.41 Å². The van der Waals surface area contributed by atoms with Crippen LogP contribution in [-0.4, -0.2) is 10.5 Å². The minimum Gasteiger partial charge on any atom is -0.324 e. The van der Waals surface area contributed by atoms with Gasteiger partial charge >= 0.3 is 0 Å². The average Bonchev–Trinajstić information content (AvgIpc) is 2.50. The lowest BCUT2D eigenvalue weighted by Gasteiger charge is -2.40. The average molecular weight is 314 g/mol. The van der Waals surface area contributed by atoms with E-state index in [9.17, 15) is 14.0 Å². The van der Waals surface area contributed by atoms with Crippen molar-refractivity contribution < 1.29 is 9.18 Å². The Hall–Kier alpha value is -2.43. The van der Waals surface area contributed by atoms with Crippen molar-refractivity contribution in [3.05, 3.63) is 64.3 Å². The first kappa shape index (κ1) is 15.5. The number of carbonyl (C=O) groups excluding carboxylic acids is 1. The highest BCUT2D eigenvalue weighted by Gasteiger charge is 2.45. The third kappa shape index (κ3) is 2.79. The van der Waals surface area contributed by atoms with Gasteiger partial charge in [-0.05, 0) is 43.5 Å². The molecule has 1 N–H and O–H groups in total. The van der Waals surface area contributed by atoms with Crippen molar-refractivity contribution in [2.75, 3.05) is 5.32 Å². The first-order chi connectivity index (χ1) is 11.0. The SMILES string of the molecule is CCn1cc(NC(=O)C2(c3ccc(F)cc3)CCC2)ccc1=O. The number of halogens is 1. The van der Waals surface area contributed by atoms with Gasteiger partial charge in [-0.2, -0.15) is 0 Å². The number of rotatable bonds is 4. The number of nitrogens with one attached hydrogen (secondary N) is 1. The van der Waals surface area contributed by atoms with Gasteiger partial charge in [-0.3, -0.25) is 9.59 Å². The normalized spacial score (nSPS) is 15.7. The zero-order chi connectivity index (χ0) is 16.4. The minimum atomic E-state index is -0.596. The van der Waals surface area contributed by atoms with Crippen LogP contribution in [-0.2, 0) is 16.8 Å². The van der Waals surface area contributed by atoms with Crippen LogP contribution in [0.5, 0.6) is 0 Å². The summed E-state index contributed by atoms with van der Waals surface area (Å²) in [4.78, 5) is 24.4. The molecule has 0 unspecified atom stereocenters. The van der Waals surface area contributed by atoms with Gasteiger partial charge in [0.05, 0.1) is 11.1 Å². The fourth-order valence-electron chi connectivity index (χ4n) is 3.05. The maximum atomic E-state index is 13.1. The summed E-state index contributed by atoms with van der Waals surface area (Å²) in [7, 11) is 0. The number of nitrogens with zero attached hydrogens (tertiary/aromatic N) is 1. The second-order valence-corrected chi connectivity index (χ2v) is 5.94. The van der Waals surface area contributed by atoms with E-state index in [2.05, 4.69) is 5.32 Å². The van der Waals surface area contributed by atoms with Crippen LogP contribution in [0.25, 0.3) is 0 Å². The summed E-state index contributed by atoms with van der Waals surface area (Å²) >= 11 is 0. The van der Waals surface area contributed by atoms with Crippen LogP contribution < -0.4 is 10.9 Å². The molecule has 3 rings (SSSR count). The number of hydrogen-bond donors (Lipinski definition) is 1. The first-order valence-corrected chi connectivity index (χ1v) is 7.83. The van der Waals surface area contributed by atoms with Gasteiger partial charge in [-0.15, -0.1) is 0 Å². The summed E-state index contributed by atoms with van der Waals surface area (Å²) in [6.07, 6.45) is 4.12. The Kier molecular flexibility index (Phi) is 4.03. The molecule has 2 aromatic rings. The Morgan fingerprint density at radius 3 is 2.48 bits per heavy atom. The fourth-order valence-corrected chi connectivity index (χ4v) is 3.05. The highest BCUT2D eigenvalue weighted by Crippen LogP contribution is 2.44. The van der Waals surface area contributed by atoms with Crippen molar-refractivity contribution in [3.8, 4) is 0 Å². The molecule has 23 heavy (non-hydrogen) atoms. The van der Waals surface area contributed by atoms with E-state index >= 15 is 0 Å². The smallest absolute Gasteiger partial charge is 0.250 e. The molecule has 1 amide bonds. The van der Waals surface area contributed by atoms with Gasteiger partial charge in [-0.25, -0.2) is 4.39 Å². The predicted molar refractivity (Wildman–Crippen MR) is 86.9 cm³/mol. The van der Waals surface area contributed by atoms with Crippen LogP contribution in [0.2, 0.25) is 0 Å². The number of anilines is 1.